The van der Waals surface area contributed by atoms with E-state index in [9.17, 15) is 0 Å². The van der Waals surface area contributed by atoms with Crippen molar-refractivity contribution in [2.45, 2.75) is 57.8 Å². The van der Waals surface area contributed by atoms with E-state index in [1.54, 1.807) is 0 Å². The fourth-order valence-electron chi connectivity index (χ4n) is 14.4. The molecular formula is C79H62N2O2. The molecule has 0 fully saturated rings. The number of anilines is 5. The van der Waals surface area contributed by atoms with Gasteiger partial charge in [0.2, 0.25) is 0 Å². The third kappa shape index (κ3) is 7.59. The van der Waals surface area contributed by atoms with Crippen LogP contribution in [0.25, 0.3) is 44.5 Å². The Morgan fingerprint density at radius 2 is 0.807 bits per heavy atom. The van der Waals surface area contributed by atoms with Crippen LogP contribution in [0.15, 0.2) is 284 Å². The van der Waals surface area contributed by atoms with Crippen LogP contribution < -0.4 is 19.3 Å². The number of hydrogen-bond donors (Lipinski definition) is 0. The zero-order valence-corrected chi connectivity index (χ0v) is 47.6. The van der Waals surface area contributed by atoms with Crippen molar-refractivity contribution in [2.75, 3.05) is 9.80 Å². The van der Waals surface area contributed by atoms with Gasteiger partial charge in [0.1, 0.15) is 17.2 Å². The zero-order valence-electron chi connectivity index (χ0n) is 47.6. The number of allylic oxidation sites excluding steroid dienone is 3. The van der Waals surface area contributed by atoms with Gasteiger partial charge in [-0.1, -0.05) is 222 Å². The van der Waals surface area contributed by atoms with E-state index >= 15 is 0 Å². The number of benzene rings is 11. The second kappa shape index (κ2) is 19.1. The van der Waals surface area contributed by atoms with Gasteiger partial charge in [0.05, 0.1) is 16.8 Å². The molecule has 2 heterocycles. The van der Waals surface area contributed by atoms with Gasteiger partial charge in [0.25, 0.3) is 0 Å². The molecule has 0 N–H and O–H groups in total. The maximum Gasteiger partial charge on any atom is 0.151 e. The molecule has 4 nitrogen and oxygen atoms in total. The molecule has 400 valence electrons. The molecule has 0 radical (unpaired) electrons. The van der Waals surface area contributed by atoms with Gasteiger partial charge >= 0.3 is 0 Å². The highest BCUT2D eigenvalue weighted by Crippen LogP contribution is 2.65. The van der Waals surface area contributed by atoms with Gasteiger partial charge in [-0.05, 0) is 153 Å². The van der Waals surface area contributed by atoms with E-state index in [0.717, 1.165) is 96.1 Å². The van der Waals surface area contributed by atoms with Crippen molar-refractivity contribution in [3.8, 4) is 61.8 Å². The van der Waals surface area contributed by atoms with Crippen LogP contribution in [0.2, 0.25) is 0 Å². The summed E-state index contributed by atoms with van der Waals surface area (Å²) in [6.07, 6.45) is 2.30. The van der Waals surface area contributed by atoms with Crippen LogP contribution in [0.5, 0.6) is 17.2 Å². The van der Waals surface area contributed by atoms with E-state index in [-0.39, 0.29) is 10.8 Å². The van der Waals surface area contributed by atoms with Crippen molar-refractivity contribution < 1.29 is 9.47 Å². The summed E-state index contributed by atoms with van der Waals surface area (Å²) >= 11 is 0. The van der Waals surface area contributed by atoms with Crippen LogP contribution in [0, 0.1) is 0 Å². The number of ether oxygens (including phenoxy) is 2. The first-order chi connectivity index (χ1) is 40.5. The Morgan fingerprint density at radius 3 is 1.42 bits per heavy atom. The predicted molar refractivity (Wildman–Crippen MR) is 342 cm³/mol. The molecule has 11 aromatic rings. The summed E-state index contributed by atoms with van der Waals surface area (Å²) in [6.45, 7) is 13.9. The normalized spacial score (nSPS) is 17.2. The Hall–Kier alpha value is -9.90. The number of fused-ring (bicyclic) bond motifs is 12. The van der Waals surface area contributed by atoms with E-state index in [4.69, 9.17) is 9.47 Å². The topological polar surface area (TPSA) is 24.9 Å². The molecule has 15 rings (SSSR count). The molecule has 2 aliphatic carbocycles. The third-order valence-corrected chi connectivity index (χ3v) is 18.3. The average Bonchev–Trinajstić information content (AvgIpc) is 1.67. The Kier molecular flexibility index (Phi) is 11.5. The van der Waals surface area contributed by atoms with Gasteiger partial charge in [-0.15, -0.1) is 0 Å². The van der Waals surface area contributed by atoms with Crippen molar-refractivity contribution in [2.24, 2.45) is 0 Å². The molecule has 83 heavy (non-hydrogen) atoms. The third-order valence-electron chi connectivity index (χ3n) is 18.3. The van der Waals surface area contributed by atoms with Crippen LogP contribution in [-0.2, 0) is 16.2 Å². The fourth-order valence-corrected chi connectivity index (χ4v) is 14.4. The van der Waals surface area contributed by atoms with E-state index in [1.807, 2.05) is 0 Å². The van der Waals surface area contributed by atoms with Crippen molar-refractivity contribution in [3.05, 3.63) is 323 Å². The summed E-state index contributed by atoms with van der Waals surface area (Å²) in [4.78, 5) is 4.90. The molecule has 0 amide bonds. The number of rotatable bonds is 8. The summed E-state index contributed by atoms with van der Waals surface area (Å²) in [6, 6.07) is 95.2. The summed E-state index contributed by atoms with van der Waals surface area (Å²) in [5, 5.41) is 0. The Balaban J connectivity index is 0.996. The van der Waals surface area contributed by atoms with Gasteiger partial charge < -0.3 is 19.3 Å². The van der Waals surface area contributed by atoms with Gasteiger partial charge in [-0.3, -0.25) is 0 Å². The monoisotopic (exact) mass is 1070 g/mol. The van der Waals surface area contributed by atoms with E-state index in [2.05, 4.69) is 318 Å². The molecule has 0 bridgehead atoms. The van der Waals surface area contributed by atoms with Crippen molar-refractivity contribution in [1.29, 1.82) is 0 Å². The molecule has 0 saturated heterocycles. The minimum absolute atomic E-state index is 0.225. The summed E-state index contributed by atoms with van der Waals surface area (Å²) in [5.74, 6) is 3.13. The second-order valence-corrected chi connectivity index (χ2v) is 23.5. The van der Waals surface area contributed by atoms with Gasteiger partial charge in [-0.25, -0.2) is 0 Å². The summed E-state index contributed by atoms with van der Waals surface area (Å²) in [5.41, 5.74) is 23.8. The van der Waals surface area contributed by atoms with Gasteiger partial charge in [0.15, 0.2) is 5.76 Å². The Bertz CT molecular complexity index is 4470. The summed E-state index contributed by atoms with van der Waals surface area (Å²) < 4.78 is 14.9. The largest absolute Gasteiger partial charge is 0.457 e. The standard InChI is InChI=1S/C79H62N2O2/c1-7-64-76(51(2)80(57-29-22-28-55(48-57)53-26-12-9-13-27-53)58-44-46-62-60-30-14-16-32-65(60)77(3,4)69(62)49-58)83-73-38-21-19-35-68(73)79(64)67-34-18-20-37-72(67)82-74-39-23-36-71(75(74)79)81(56-42-40-54(41-43-56)52-24-10-8-11-25-52)59-45-47-63-61-31-15-17-33-66(61)78(5,6)70(63)50-59/h7-50H,1-6H3/b64-7?,76-51-. The molecular weight excluding hydrogens is 1010 g/mol. The zero-order chi connectivity index (χ0) is 56.2. The molecule has 1 spiro atoms. The number of para-hydroxylation sites is 2. The van der Waals surface area contributed by atoms with E-state index in [0.29, 0.717) is 0 Å². The minimum atomic E-state index is -0.978. The maximum atomic E-state index is 7.62. The lowest BCUT2D eigenvalue weighted by Gasteiger charge is -2.48. The highest BCUT2D eigenvalue weighted by molar-refractivity contribution is 5.91. The quantitative estimate of drug-likeness (QED) is 0.151. The lowest BCUT2D eigenvalue weighted by molar-refractivity contribution is 0.363. The molecule has 1 unspecified atom stereocenters. The highest BCUT2D eigenvalue weighted by atomic mass is 16.5. The molecule has 1 atom stereocenters. The molecule has 11 aromatic carbocycles. The maximum absolute atomic E-state index is 7.62. The fraction of sp³-hybridized carbons (Fsp3) is 0.114. The molecule has 4 aliphatic rings. The first-order valence-electron chi connectivity index (χ1n) is 29.0. The Morgan fingerprint density at radius 1 is 0.361 bits per heavy atom. The SMILES string of the molecule is CC=C1/C(=C(\C)N(c2cccc(-c3ccccc3)c2)c2ccc3c(c2)C(C)(C)c2ccccc2-3)Oc2ccccc2C12c1ccccc1Oc1cccc(N(c3ccc(-c4ccccc4)cc3)c3ccc4c(c3)C(C)(C)c3ccccc3-4)c12. The molecule has 4 heteroatoms. The molecule has 0 aromatic heterocycles. The number of nitrogens with zero attached hydrogens (tertiary/aromatic N) is 2. The Labute approximate surface area is 487 Å². The first-order valence-corrected chi connectivity index (χ1v) is 29.0. The van der Waals surface area contributed by atoms with E-state index in [1.165, 1.54) is 50.1 Å². The first kappa shape index (κ1) is 50.1. The average molecular weight is 1070 g/mol. The molecule has 0 saturated carbocycles. The van der Waals surface area contributed by atoms with Gasteiger partial charge in [0, 0.05) is 55.8 Å². The lowest BCUT2D eigenvalue weighted by Crippen LogP contribution is -2.41. The minimum Gasteiger partial charge on any atom is -0.457 e. The van der Waals surface area contributed by atoms with Crippen LogP contribution in [-0.4, -0.2) is 0 Å². The molecule has 2 aliphatic heterocycles. The smallest absolute Gasteiger partial charge is 0.151 e. The lowest BCUT2D eigenvalue weighted by atomic mass is 9.60. The van der Waals surface area contributed by atoms with E-state index < -0.39 is 5.41 Å². The van der Waals surface area contributed by atoms with Crippen molar-refractivity contribution >= 4 is 28.4 Å². The summed E-state index contributed by atoms with van der Waals surface area (Å²) in [7, 11) is 0. The van der Waals surface area contributed by atoms with Crippen LogP contribution >= 0.6 is 0 Å². The highest BCUT2D eigenvalue weighted by Gasteiger charge is 2.54. The van der Waals surface area contributed by atoms with Crippen LogP contribution in [0.3, 0.4) is 0 Å². The number of hydrogen-bond acceptors (Lipinski definition) is 4. The predicted octanol–water partition coefficient (Wildman–Crippen LogP) is 21.0. The van der Waals surface area contributed by atoms with Gasteiger partial charge in [-0.2, -0.15) is 0 Å². The van der Waals surface area contributed by atoms with Crippen LogP contribution in [0.1, 0.15) is 80.5 Å². The van der Waals surface area contributed by atoms with Crippen molar-refractivity contribution in [1.82, 2.24) is 0 Å². The second-order valence-electron chi connectivity index (χ2n) is 23.5. The van der Waals surface area contributed by atoms with Crippen molar-refractivity contribution in [3.63, 3.8) is 0 Å². The van der Waals surface area contributed by atoms with Crippen LogP contribution in [0.4, 0.5) is 28.4 Å².